The van der Waals surface area contributed by atoms with Gasteiger partial charge in [-0.25, -0.2) is 14.6 Å². The van der Waals surface area contributed by atoms with Crippen LogP contribution in [0, 0.1) is 18.3 Å². The fraction of sp³-hybridized carbons (Fsp3) is 0.593. The first-order chi connectivity index (χ1) is 18.5. The van der Waals surface area contributed by atoms with Crippen LogP contribution < -0.4 is 0 Å². The first-order valence-electron chi connectivity index (χ1n) is 13.3. The van der Waals surface area contributed by atoms with Gasteiger partial charge in [0.25, 0.3) is 0 Å². The SMILES string of the molecule is CC(=O)c1nc(C)n2cc(C3=C(C(=O)O)N4C(=O)[C@H]([C@@H](C)O)[C@@H]4C3(C)CCOC(=O)OC3CCCCC3)sc12. The fourth-order valence-corrected chi connectivity index (χ4v) is 7.77. The number of hydrogen-bond donors (Lipinski definition) is 2. The molecule has 4 heterocycles. The predicted octanol–water partition coefficient (Wildman–Crippen LogP) is 3.81. The molecule has 2 aliphatic heterocycles. The van der Waals surface area contributed by atoms with E-state index in [0.717, 1.165) is 32.1 Å². The number of imidazole rings is 1. The number of carboxylic acid groups (broad SMARTS) is 1. The second-order valence-electron chi connectivity index (χ2n) is 10.9. The van der Waals surface area contributed by atoms with Crippen molar-refractivity contribution in [3.8, 4) is 0 Å². The number of β-lactam (4-membered cyclic amide) rings is 1. The van der Waals surface area contributed by atoms with Crippen molar-refractivity contribution in [1.29, 1.82) is 0 Å². The van der Waals surface area contributed by atoms with Crippen molar-refractivity contribution < 1.29 is 38.9 Å². The summed E-state index contributed by atoms with van der Waals surface area (Å²) in [5.74, 6) is -2.18. The molecule has 2 aromatic heterocycles. The van der Waals surface area contributed by atoms with E-state index < -0.39 is 41.5 Å². The highest BCUT2D eigenvalue weighted by Gasteiger charge is 2.66. The van der Waals surface area contributed by atoms with E-state index in [-0.39, 0.29) is 36.3 Å². The molecular weight excluding hydrogens is 526 g/mol. The number of aliphatic hydroxyl groups is 1. The molecule has 39 heavy (non-hydrogen) atoms. The van der Waals surface area contributed by atoms with Gasteiger partial charge in [-0.1, -0.05) is 13.3 Å². The predicted molar refractivity (Wildman–Crippen MR) is 140 cm³/mol. The van der Waals surface area contributed by atoms with Crippen LogP contribution in [0.25, 0.3) is 10.4 Å². The van der Waals surface area contributed by atoms with Gasteiger partial charge in [-0.3, -0.25) is 14.0 Å². The van der Waals surface area contributed by atoms with E-state index >= 15 is 0 Å². The van der Waals surface area contributed by atoms with Gasteiger partial charge >= 0.3 is 12.1 Å². The Morgan fingerprint density at radius 1 is 1.26 bits per heavy atom. The molecule has 2 fully saturated rings. The van der Waals surface area contributed by atoms with E-state index in [1.165, 1.54) is 30.1 Å². The number of carbonyl (C=O) groups is 4. The molecule has 0 bridgehead atoms. The van der Waals surface area contributed by atoms with Crippen LogP contribution in [0.2, 0.25) is 0 Å². The molecule has 0 radical (unpaired) electrons. The minimum Gasteiger partial charge on any atom is -0.477 e. The zero-order valence-electron chi connectivity index (χ0n) is 22.4. The topological polar surface area (TPSA) is 148 Å². The number of thiazole rings is 1. The van der Waals surface area contributed by atoms with E-state index in [2.05, 4.69) is 4.98 Å². The summed E-state index contributed by atoms with van der Waals surface area (Å²) in [7, 11) is 0. The van der Waals surface area contributed by atoms with Gasteiger partial charge in [-0.15, -0.1) is 11.3 Å². The minimum absolute atomic E-state index is 0.0624. The Kier molecular flexibility index (Phi) is 7.04. The van der Waals surface area contributed by atoms with Crippen molar-refractivity contribution in [2.24, 2.45) is 11.3 Å². The van der Waals surface area contributed by atoms with Crippen LogP contribution in [0.3, 0.4) is 0 Å². The molecule has 0 aromatic carbocycles. The Morgan fingerprint density at radius 2 is 1.95 bits per heavy atom. The summed E-state index contributed by atoms with van der Waals surface area (Å²) in [6.45, 7) is 6.46. The highest BCUT2D eigenvalue weighted by atomic mass is 32.1. The van der Waals surface area contributed by atoms with Crippen LogP contribution >= 0.6 is 11.3 Å². The zero-order chi connectivity index (χ0) is 28.2. The summed E-state index contributed by atoms with van der Waals surface area (Å²) >= 11 is 1.23. The molecule has 1 unspecified atom stereocenters. The number of fused-ring (bicyclic) bond motifs is 2. The number of rotatable bonds is 8. The molecule has 1 saturated carbocycles. The Bertz CT molecular complexity index is 1380. The van der Waals surface area contributed by atoms with Crippen molar-refractivity contribution in [2.45, 2.75) is 84.5 Å². The average Bonchev–Trinajstić information content (AvgIpc) is 3.48. The molecule has 1 amide bonds. The van der Waals surface area contributed by atoms with Gasteiger partial charge in [-0.2, -0.15) is 0 Å². The summed E-state index contributed by atoms with van der Waals surface area (Å²) in [6.07, 6.45) is 4.74. The Hall–Kier alpha value is -3.25. The number of ketones is 1. The Labute approximate surface area is 229 Å². The lowest BCUT2D eigenvalue weighted by Crippen LogP contribution is -2.66. The molecule has 11 nitrogen and oxygen atoms in total. The third kappa shape index (κ3) is 4.43. The number of amides is 1. The van der Waals surface area contributed by atoms with Crippen LogP contribution in [-0.4, -0.2) is 73.2 Å². The molecule has 4 atom stereocenters. The largest absolute Gasteiger partial charge is 0.508 e. The maximum atomic E-state index is 13.1. The number of carbonyl (C=O) groups excluding carboxylic acids is 3. The van der Waals surface area contributed by atoms with Crippen molar-refractivity contribution >= 4 is 45.6 Å². The third-order valence-corrected chi connectivity index (χ3v) is 9.41. The van der Waals surface area contributed by atoms with Gasteiger partial charge < -0.3 is 24.6 Å². The lowest BCUT2D eigenvalue weighted by atomic mass is 9.66. The third-order valence-electron chi connectivity index (χ3n) is 8.30. The van der Waals surface area contributed by atoms with Crippen LogP contribution in [0.5, 0.6) is 0 Å². The number of carboxylic acids is 1. The van der Waals surface area contributed by atoms with Crippen LogP contribution in [-0.2, 0) is 19.1 Å². The number of aliphatic hydroxyl groups excluding tert-OH is 1. The molecule has 1 saturated heterocycles. The molecule has 2 N–H and O–H groups in total. The average molecular weight is 560 g/mol. The van der Waals surface area contributed by atoms with Crippen LogP contribution in [0.15, 0.2) is 11.9 Å². The van der Waals surface area contributed by atoms with Crippen molar-refractivity contribution in [1.82, 2.24) is 14.3 Å². The number of aryl methyl sites for hydroxylation is 1. The molecule has 0 spiro atoms. The van der Waals surface area contributed by atoms with Gasteiger partial charge in [-0.05, 0) is 46.0 Å². The van der Waals surface area contributed by atoms with E-state index in [1.54, 1.807) is 17.5 Å². The van der Waals surface area contributed by atoms with Crippen LogP contribution in [0.4, 0.5) is 4.79 Å². The second-order valence-corrected chi connectivity index (χ2v) is 12.0. The Morgan fingerprint density at radius 3 is 2.56 bits per heavy atom. The van der Waals surface area contributed by atoms with Crippen molar-refractivity contribution in [3.05, 3.63) is 28.3 Å². The number of nitrogens with zero attached hydrogens (tertiary/aromatic N) is 3. The maximum absolute atomic E-state index is 13.1. The van der Waals surface area contributed by atoms with Gasteiger partial charge in [0.2, 0.25) is 5.91 Å². The minimum atomic E-state index is -1.27. The van der Waals surface area contributed by atoms with E-state index in [4.69, 9.17) is 9.47 Å². The van der Waals surface area contributed by atoms with Crippen molar-refractivity contribution in [2.75, 3.05) is 6.61 Å². The molecule has 5 rings (SSSR count). The Balaban J connectivity index is 1.51. The highest BCUT2D eigenvalue weighted by molar-refractivity contribution is 7.18. The molecule has 210 valence electrons. The lowest BCUT2D eigenvalue weighted by Gasteiger charge is -2.50. The summed E-state index contributed by atoms with van der Waals surface area (Å²) in [5.41, 5.74) is -0.442. The van der Waals surface area contributed by atoms with Crippen molar-refractivity contribution in [3.63, 3.8) is 0 Å². The van der Waals surface area contributed by atoms with Crippen LogP contribution in [0.1, 0.15) is 80.5 Å². The molecule has 1 aliphatic carbocycles. The summed E-state index contributed by atoms with van der Waals surface area (Å²) < 4.78 is 12.6. The lowest BCUT2D eigenvalue weighted by molar-refractivity contribution is -0.167. The second kappa shape index (κ2) is 10.1. The monoisotopic (exact) mass is 559 g/mol. The van der Waals surface area contributed by atoms with Gasteiger partial charge in [0.05, 0.1) is 29.5 Å². The molecule has 12 heteroatoms. The fourth-order valence-electron chi connectivity index (χ4n) is 6.40. The summed E-state index contributed by atoms with van der Waals surface area (Å²) in [4.78, 5) is 57.1. The van der Waals surface area contributed by atoms with E-state index in [9.17, 15) is 29.4 Å². The van der Waals surface area contributed by atoms with E-state index in [0.29, 0.717) is 21.1 Å². The normalized spacial score (nSPS) is 26.0. The summed E-state index contributed by atoms with van der Waals surface area (Å²) in [6, 6.07) is -0.642. The number of Topliss-reactive ketones (excluding diaryl/α,β-unsaturated/α-hetero) is 1. The number of aromatic nitrogens is 2. The highest BCUT2D eigenvalue weighted by Crippen LogP contribution is 2.60. The summed E-state index contributed by atoms with van der Waals surface area (Å²) in [5, 5.41) is 20.7. The standard InChI is InChI=1S/C27H33N3O8S/c1-13(31)18-22-27(4,10-11-37-26(36)38-16-8-6-5-7-9-16)19(21(25(34)35)30(22)23(18)33)17-12-29-15(3)28-20(14(2)32)24(29)39-17/h12-13,16,18,22,31H,5-11H2,1-4H3,(H,34,35)/t13-,18-,22-,27?/m1/s1. The zero-order valence-corrected chi connectivity index (χ0v) is 23.2. The van der Waals surface area contributed by atoms with Gasteiger partial charge in [0.1, 0.15) is 28.1 Å². The molecule has 3 aliphatic rings. The number of ether oxygens (including phenoxy) is 2. The smallest absolute Gasteiger partial charge is 0.477 e. The first-order valence-corrected chi connectivity index (χ1v) is 14.1. The molecule has 2 aromatic rings. The number of hydrogen-bond acceptors (Lipinski definition) is 9. The van der Waals surface area contributed by atoms with Gasteiger partial charge in [0, 0.05) is 24.1 Å². The number of aliphatic carboxylic acids is 1. The van der Waals surface area contributed by atoms with E-state index in [1.807, 2.05) is 6.92 Å². The quantitative estimate of drug-likeness (QED) is 0.280. The van der Waals surface area contributed by atoms with Gasteiger partial charge in [0.15, 0.2) is 5.78 Å². The first kappa shape index (κ1) is 27.3. The maximum Gasteiger partial charge on any atom is 0.508 e. The molecular formula is C27H33N3O8S.